The maximum absolute atomic E-state index is 12.7. The van der Waals surface area contributed by atoms with Gasteiger partial charge in [0, 0.05) is 25.2 Å². The highest BCUT2D eigenvalue weighted by Crippen LogP contribution is 2.25. The number of nitrogens with zero attached hydrogens (tertiary/aromatic N) is 2. The zero-order valence-electron chi connectivity index (χ0n) is 15.8. The van der Waals surface area contributed by atoms with Crippen molar-refractivity contribution in [1.29, 1.82) is 0 Å². The molecule has 1 N–H and O–H groups in total. The molecule has 1 unspecified atom stereocenters. The van der Waals surface area contributed by atoms with Gasteiger partial charge in [0.25, 0.3) is 5.69 Å². The SMILES string of the molecule is Cc1ccc(CN2CCCC(C(=O)Nc3cc([N+](=O)[O-])ccc3C)C2)cc1. The first-order chi connectivity index (χ1) is 12.9. The minimum Gasteiger partial charge on any atom is -0.325 e. The monoisotopic (exact) mass is 367 g/mol. The van der Waals surface area contributed by atoms with Gasteiger partial charge in [-0.2, -0.15) is 0 Å². The van der Waals surface area contributed by atoms with Crippen LogP contribution in [0.3, 0.4) is 0 Å². The topological polar surface area (TPSA) is 75.5 Å². The highest BCUT2D eigenvalue weighted by Gasteiger charge is 2.26. The Balaban J connectivity index is 1.64. The number of aryl methyl sites for hydroxylation is 2. The summed E-state index contributed by atoms with van der Waals surface area (Å²) in [5.41, 5.74) is 3.81. The smallest absolute Gasteiger partial charge is 0.271 e. The lowest BCUT2D eigenvalue weighted by Gasteiger charge is -2.32. The zero-order chi connectivity index (χ0) is 19.4. The van der Waals surface area contributed by atoms with Gasteiger partial charge < -0.3 is 5.32 Å². The molecular weight excluding hydrogens is 342 g/mol. The summed E-state index contributed by atoms with van der Waals surface area (Å²) in [6.07, 6.45) is 1.81. The molecule has 1 atom stereocenters. The van der Waals surface area contributed by atoms with Gasteiger partial charge in [-0.3, -0.25) is 19.8 Å². The molecule has 1 heterocycles. The van der Waals surface area contributed by atoms with Crippen molar-refractivity contribution in [3.05, 3.63) is 69.3 Å². The Hall–Kier alpha value is -2.73. The molecule has 3 rings (SSSR count). The van der Waals surface area contributed by atoms with Gasteiger partial charge in [-0.05, 0) is 44.4 Å². The number of hydrogen-bond donors (Lipinski definition) is 1. The van der Waals surface area contributed by atoms with Crippen LogP contribution in [0.2, 0.25) is 0 Å². The minimum absolute atomic E-state index is 0.0134. The van der Waals surface area contributed by atoms with Crippen molar-refractivity contribution in [3.8, 4) is 0 Å². The third kappa shape index (κ3) is 4.92. The van der Waals surface area contributed by atoms with E-state index < -0.39 is 4.92 Å². The summed E-state index contributed by atoms with van der Waals surface area (Å²) in [6.45, 7) is 6.42. The van der Waals surface area contributed by atoms with Crippen molar-refractivity contribution >= 4 is 17.3 Å². The number of carbonyl (C=O) groups excluding carboxylic acids is 1. The van der Waals surface area contributed by atoms with E-state index in [4.69, 9.17) is 0 Å². The molecule has 142 valence electrons. The molecule has 1 saturated heterocycles. The lowest BCUT2D eigenvalue weighted by molar-refractivity contribution is -0.384. The predicted octanol–water partition coefficient (Wildman–Crippen LogP) is 4.06. The standard InChI is InChI=1S/C21H25N3O3/c1-15-5-8-17(9-6-15)13-23-11-3-4-18(14-23)21(25)22-20-12-19(24(26)27)10-7-16(20)2/h5-10,12,18H,3-4,11,13-14H2,1-2H3,(H,22,25). The second-order valence-electron chi connectivity index (χ2n) is 7.31. The number of nitro groups is 1. The molecule has 1 amide bonds. The van der Waals surface area contributed by atoms with E-state index in [-0.39, 0.29) is 17.5 Å². The van der Waals surface area contributed by atoms with Gasteiger partial charge in [-0.15, -0.1) is 0 Å². The van der Waals surface area contributed by atoms with Gasteiger partial charge in [-0.25, -0.2) is 0 Å². The normalized spacial score (nSPS) is 17.5. The van der Waals surface area contributed by atoms with Crippen LogP contribution >= 0.6 is 0 Å². The first-order valence-electron chi connectivity index (χ1n) is 9.26. The average Bonchev–Trinajstić information content (AvgIpc) is 2.65. The van der Waals surface area contributed by atoms with Gasteiger partial charge >= 0.3 is 0 Å². The largest absolute Gasteiger partial charge is 0.325 e. The van der Waals surface area contributed by atoms with Gasteiger partial charge in [-0.1, -0.05) is 35.9 Å². The van der Waals surface area contributed by atoms with Crippen molar-refractivity contribution in [2.45, 2.75) is 33.2 Å². The number of benzene rings is 2. The summed E-state index contributed by atoms with van der Waals surface area (Å²) >= 11 is 0. The molecule has 6 nitrogen and oxygen atoms in total. The van der Waals surface area contributed by atoms with Gasteiger partial charge in [0.15, 0.2) is 0 Å². The Bertz CT molecular complexity index is 833. The highest BCUT2D eigenvalue weighted by atomic mass is 16.6. The van der Waals surface area contributed by atoms with Crippen LogP contribution in [0.15, 0.2) is 42.5 Å². The van der Waals surface area contributed by atoms with E-state index in [1.54, 1.807) is 6.07 Å². The Morgan fingerprint density at radius 2 is 1.96 bits per heavy atom. The second-order valence-corrected chi connectivity index (χ2v) is 7.31. The molecule has 1 aliphatic heterocycles. The van der Waals surface area contributed by atoms with Crippen molar-refractivity contribution in [3.63, 3.8) is 0 Å². The molecule has 2 aromatic carbocycles. The molecule has 0 saturated carbocycles. The third-order valence-corrected chi connectivity index (χ3v) is 5.09. The second kappa shape index (κ2) is 8.31. The highest BCUT2D eigenvalue weighted by molar-refractivity contribution is 5.93. The van der Waals surface area contributed by atoms with Crippen LogP contribution in [0.4, 0.5) is 11.4 Å². The van der Waals surface area contributed by atoms with Gasteiger partial charge in [0.05, 0.1) is 16.5 Å². The molecule has 2 aromatic rings. The van der Waals surface area contributed by atoms with Crippen molar-refractivity contribution in [2.24, 2.45) is 5.92 Å². The van der Waals surface area contributed by atoms with Crippen LogP contribution in [-0.4, -0.2) is 28.8 Å². The molecule has 0 spiro atoms. The molecule has 0 aliphatic carbocycles. The lowest BCUT2D eigenvalue weighted by Crippen LogP contribution is -2.40. The number of nitro benzene ring substituents is 1. The van der Waals surface area contributed by atoms with E-state index in [0.717, 1.165) is 31.5 Å². The summed E-state index contributed by atoms with van der Waals surface area (Å²) in [7, 11) is 0. The number of carbonyl (C=O) groups is 1. The lowest BCUT2D eigenvalue weighted by atomic mass is 9.96. The van der Waals surface area contributed by atoms with Crippen LogP contribution in [-0.2, 0) is 11.3 Å². The molecular formula is C21H25N3O3. The van der Waals surface area contributed by atoms with E-state index in [1.807, 2.05) is 6.92 Å². The first kappa shape index (κ1) is 19.0. The van der Waals surface area contributed by atoms with E-state index in [2.05, 4.69) is 41.4 Å². The maximum Gasteiger partial charge on any atom is 0.271 e. The fourth-order valence-corrected chi connectivity index (χ4v) is 3.46. The van der Waals surface area contributed by atoms with Crippen LogP contribution in [0.1, 0.15) is 29.5 Å². The predicted molar refractivity (Wildman–Crippen MR) is 106 cm³/mol. The number of rotatable bonds is 5. The summed E-state index contributed by atoms with van der Waals surface area (Å²) in [4.78, 5) is 25.6. The van der Waals surface area contributed by atoms with Crippen molar-refractivity contribution in [2.75, 3.05) is 18.4 Å². The quantitative estimate of drug-likeness (QED) is 0.639. The van der Waals surface area contributed by atoms with Gasteiger partial charge in [0.2, 0.25) is 5.91 Å². The fraction of sp³-hybridized carbons (Fsp3) is 0.381. The molecule has 6 heteroatoms. The fourth-order valence-electron chi connectivity index (χ4n) is 3.46. The average molecular weight is 367 g/mol. The molecule has 0 radical (unpaired) electrons. The van der Waals surface area contributed by atoms with Crippen molar-refractivity contribution in [1.82, 2.24) is 4.90 Å². The third-order valence-electron chi connectivity index (χ3n) is 5.09. The van der Waals surface area contributed by atoms with E-state index in [0.29, 0.717) is 12.2 Å². The number of amides is 1. The summed E-state index contributed by atoms with van der Waals surface area (Å²) in [5, 5.41) is 13.9. The van der Waals surface area contributed by atoms with Gasteiger partial charge in [0.1, 0.15) is 0 Å². The Labute approximate surface area is 159 Å². The van der Waals surface area contributed by atoms with E-state index in [1.165, 1.54) is 23.3 Å². The number of nitrogens with one attached hydrogen (secondary N) is 1. The summed E-state index contributed by atoms with van der Waals surface area (Å²) < 4.78 is 0. The van der Waals surface area contributed by atoms with Crippen molar-refractivity contribution < 1.29 is 9.72 Å². The molecule has 0 aromatic heterocycles. The molecule has 1 fully saturated rings. The number of hydrogen-bond acceptors (Lipinski definition) is 4. The molecule has 0 bridgehead atoms. The molecule has 1 aliphatic rings. The Morgan fingerprint density at radius 3 is 2.67 bits per heavy atom. The van der Waals surface area contributed by atoms with Crippen LogP contribution in [0, 0.1) is 29.9 Å². The maximum atomic E-state index is 12.7. The first-order valence-corrected chi connectivity index (χ1v) is 9.26. The van der Waals surface area contributed by atoms with Crippen LogP contribution < -0.4 is 5.32 Å². The Kier molecular flexibility index (Phi) is 5.86. The van der Waals surface area contributed by atoms with Crippen LogP contribution in [0.25, 0.3) is 0 Å². The molecule has 27 heavy (non-hydrogen) atoms. The number of non-ortho nitro benzene ring substituents is 1. The number of likely N-dealkylation sites (tertiary alicyclic amines) is 1. The van der Waals surface area contributed by atoms with Crippen LogP contribution in [0.5, 0.6) is 0 Å². The van der Waals surface area contributed by atoms with E-state index in [9.17, 15) is 14.9 Å². The number of piperidine rings is 1. The van der Waals surface area contributed by atoms with E-state index >= 15 is 0 Å². The number of anilines is 1. The minimum atomic E-state index is -0.445. The summed E-state index contributed by atoms with van der Waals surface area (Å²) in [5.74, 6) is -0.171. The zero-order valence-corrected chi connectivity index (χ0v) is 15.8. The Morgan fingerprint density at radius 1 is 1.22 bits per heavy atom. The summed E-state index contributed by atoms with van der Waals surface area (Å²) in [6, 6.07) is 13.0.